The van der Waals surface area contributed by atoms with Crippen molar-refractivity contribution in [2.75, 3.05) is 11.9 Å². The lowest BCUT2D eigenvalue weighted by molar-refractivity contribution is -0.143. The molecule has 194 valence electrons. The number of anilines is 1. The van der Waals surface area contributed by atoms with Crippen LogP contribution in [0.5, 0.6) is 0 Å². The van der Waals surface area contributed by atoms with Crippen LogP contribution in [0.2, 0.25) is 0 Å². The van der Waals surface area contributed by atoms with Gasteiger partial charge in [0.05, 0.1) is 10.9 Å². The number of hydrogen-bond acceptors (Lipinski definition) is 6. The minimum absolute atomic E-state index is 0.101. The number of carboxylic acid groups (broad SMARTS) is 2. The molecule has 4 aromatic rings. The first kappa shape index (κ1) is 24.9. The number of rotatable bonds is 8. The smallest absolute Gasteiger partial charge is 0.326 e. The lowest BCUT2D eigenvalue weighted by atomic mass is 10.0. The fraction of sp³-hybridized carbons (Fsp3) is 0.250. The Balaban J connectivity index is 1.40. The third-order valence-corrected chi connectivity index (χ3v) is 6.95. The lowest BCUT2D eigenvalue weighted by Gasteiger charge is -2.23. The van der Waals surface area contributed by atoms with Crippen LogP contribution in [-0.4, -0.2) is 56.0 Å². The lowest BCUT2D eigenvalue weighted by Crippen LogP contribution is -2.41. The van der Waals surface area contributed by atoms with Gasteiger partial charge in [-0.15, -0.1) is 0 Å². The summed E-state index contributed by atoms with van der Waals surface area (Å²) < 4.78 is 0. The Morgan fingerprint density at radius 1 is 1.11 bits per heavy atom. The first-order chi connectivity index (χ1) is 18.1. The van der Waals surface area contributed by atoms with E-state index in [9.17, 15) is 24.3 Å². The monoisotopic (exact) mass is 514 g/mol. The summed E-state index contributed by atoms with van der Waals surface area (Å²) in [5, 5.41) is 20.9. The molecule has 0 fully saturated rings. The van der Waals surface area contributed by atoms with Crippen molar-refractivity contribution < 1.29 is 24.6 Å². The Bertz CT molecular complexity index is 1680. The molecule has 0 aliphatic carbocycles. The second kappa shape index (κ2) is 9.62. The van der Waals surface area contributed by atoms with Crippen LogP contribution in [-0.2, 0) is 22.7 Å². The second-order valence-electron chi connectivity index (χ2n) is 9.58. The van der Waals surface area contributed by atoms with Crippen LogP contribution in [0.3, 0.4) is 0 Å². The van der Waals surface area contributed by atoms with Crippen molar-refractivity contribution in [2.24, 2.45) is 0 Å². The number of aryl methyl sites for hydroxylation is 1. The maximum Gasteiger partial charge on any atom is 0.326 e. The molecule has 3 N–H and O–H groups in total. The topological polar surface area (TPSA) is 144 Å². The van der Waals surface area contributed by atoms with Gasteiger partial charge >= 0.3 is 11.9 Å². The fourth-order valence-electron chi connectivity index (χ4n) is 5.08. The van der Waals surface area contributed by atoms with Gasteiger partial charge in [-0.25, -0.2) is 9.78 Å². The molecule has 0 bridgehead atoms. The van der Waals surface area contributed by atoms with Crippen molar-refractivity contribution in [3.8, 4) is 0 Å². The first-order valence-electron chi connectivity index (χ1n) is 12.1. The summed E-state index contributed by atoms with van der Waals surface area (Å²) in [5.74, 6) is -2.19. The summed E-state index contributed by atoms with van der Waals surface area (Å²) in [7, 11) is 1.91. The molecule has 1 aromatic heterocycles. The minimum Gasteiger partial charge on any atom is -0.481 e. The molecule has 1 aliphatic heterocycles. The first-order valence-corrected chi connectivity index (χ1v) is 12.1. The van der Waals surface area contributed by atoms with E-state index in [0.717, 1.165) is 22.0 Å². The highest BCUT2D eigenvalue weighted by Gasteiger charge is 2.36. The van der Waals surface area contributed by atoms with Crippen LogP contribution < -0.4 is 10.5 Å². The Morgan fingerprint density at radius 2 is 1.87 bits per heavy atom. The van der Waals surface area contributed by atoms with Gasteiger partial charge < -0.3 is 25.0 Å². The van der Waals surface area contributed by atoms with Crippen molar-refractivity contribution in [1.29, 1.82) is 0 Å². The number of carbonyl (C=O) groups excluding carboxylic acids is 1. The zero-order valence-electron chi connectivity index (χ0n) is 20.9. The van der Waals surface area contributed by atoms with Crippen LogP contribution in [0.25, 0.3) is 21.7 Å². The summed E-state index contributed by atoms with van der Waals surface area (Å²) in [4.78, 5) is 58.8. The number of carboxylic acids is 2. The molecule has 0 saturated carbocycles. The van der Waals surface area contributed by atoms with Crippen LogP contribution in [0.15, 0.2) is 53.3 Å². The predicted molar refractivity (Wildman–Crippen MR) is 141 cm³/mol. The van der Waals surface area contributed by atoms with E-state index in [4.69, 9.17) is 5.11 Å². The number of benzene rings is 3. The largest absolute Gasteiger partial charge is 0.481 e. The number of aromatic nitrogens is 2. The number of H-pyrrole nitrogens is 1. The Morgan fingerprint density at radius 3 is 2.61 bits per heavy atom. The van der Waals surface area contributed by atoms with Gasteiger partial charge in [0, 0.05) is 37.8 Å². The second-order valence-corrected chi connectivity index (χ2v) is 9.58. The van der Waals surface area contributed by atoms with Crippen molar-refractivity contribution in [1.82, 2.24) is 14.9 Å². The van der Waals surface area contributed by atoms with Crippen LogP contribution in [0, 0.1) is 6.92 Å². The van der Waals surface area contributed by atoms with Crippen LogP contribution >= 0.6 is 0 Å². The number of carbonyl (C=O) groups is 3. The van der Waals surface area contributed by atoms with E-state index < -0.39 is 23.9 Å². The van der Waals surface area contributed by atoms with Crippen molar-refractivity contribution >= 4 is 45.2 Å². The third-order valence-electron chi connectivity index (χ3n) is 6.95. The summed E-state index contributed by atoms with van der Waals surface area (Å²) >= 11 is 0. The summed E-state index contributed by atoms with van der Waals surface area (Å²) in [5.41, 5.74) is 3.38. The molecule has 38 heavy (non-hydrogen) atoms. The van der Waals surface area contributed by atoms with E-state index in [0.29, 0.717) is 34.4 Å². The molecule has 3 aromatic carbocycles. The Kier molecular flexibility index (Phi) is 6.31. The summed E-state index contributed by atoms with van der Waals surface area (Å²) in [6.07, 6.45) is -0.501. The highest BCUT2D eigenvalue weighted by molar-refractivity contribution is 6.06. The quantitative estimate of drug-likeness (QED) is 0.304. The fourth-order valence-corrected chi connectivity index (χ4v) is 5.08. The van der Waals surface area contributed by atoms with E-state index in [1.165, 1.54) is 4.90 Å². The van der Waals surface area contributed by atoms with E-state index in [1.807, 2.05) is 48.3 Å². The normalized spacial score (nSPS) is 13.6. The van der Waals surface area contributed by atoms with Crippen molar-refractivity contribution in [3.63, 3.8) is 0 Å². The van der Waals surface area contributed by atoms with E-state index in [2.05, 4.69) is 9.97 Å². The molecule has 0 spiro atoms. The van der Waals surface area contributed by atoms with E-state index >= 15 is 0 Å². The van der Waals surface area contributed by atoms with E-state index in [1.54, 1.807) is 19.1 Å². The van der Waals surface area contributed by atoms with Gasteiger partial charge in [-0.2, -0.15) is 0 Å². The molecule has 10 heteroatoms. The minimum atomic E-state index is -1.22. The van der Waals surface area contributed by atoms with Crippen molar-refractivity contribution in [2.45, 2.75) is 38.9 Å². The van der Waals surface area contributed by atoms with Gasteiger partial charge in [0.1, 0.15) is 11.9 Å². The average Bonchev–Trinajstić information content (AvgIpc) is 3.18. The summed E-state index contributed by atoms with van der Waals surface area (Å²) in [6, 6.07) is 13.9. The van der Waals surface area contributed by atoms with Crippen LogP contribution in [0.1, 0.15) is 40.2 Å². The van der Waals surface area contributed by atoms with Crippen molar-refractivity contribution in [3.05, 3.63) is 81.4 Å². The van der Waals surface area contributed by atoms with Gasteiger partial charge in [0.25, 0.3) is 11.5 Å². The van der Waals surface area contributed by atoms with Gasteiger partial charge in [0.15, 0.2) is 0 Å². The van der Waals surface area contributed by atoms with Gasteiger partial charge in [-0.3, -0.25) is 14.4 Å². The number of amides is 1. The Labute approximate surface area is 217 Å². The number of aliphatic carboxylic acids is 2. The van der Waals surface area contributed by atoms with Gasteiger partial charge in [-0.1, -0.05) is 18.2 Å². The molecular weight excluding hydrogens is 488 g/mol. The third kappa shape index (κ3) is 4.56. The highest BCUT2D eigenvalue weighted by Crippen LogP contribution is 2.31. The standard InChI is InChI=1S/C28H26N4O6/c1-15-29-22-8-5-17-4-3-16(11-21(17)25(22)26(35)30-15)13-31(2)19-6-7-20-18(12-19)14-32(27(20)36)23(28(37)38)9-10-24(33)34/h3-8,11-12,23H,9-10,13-14H2,1-2H3,(H,33,34)(H,37,38)(H,29,30,35). The molecule has 1 amide bonds. The molecule has 5 rings (SSSR count). The number of fused-ring (bicyclic) bond motifs is 4. The number of nitrogens with zero attached hydrogens (tertiary/aromatic N) is 3. The molecular formula is C28H26N4O6. The number of aromatic amines is 1. The predicted octanol–water partition coefficient (Wildman–Crippen LogP) is 3.29. The highest BCUT2D eigenvalue weighted by atomic mass is 16.4. The maximum atomic E-state index is 12.9. The van der Waals surface area contributed by atoms with Gasteiger partial charge in [-0.05, 0) is 65.6 Å². The summed E-state index contributed by atoms with van der Waals surface area (Å²) in [6.45, 7) is 2.37. The van der Waals surface area contributed by atoms with E-state index in [-0.39, 0.29) is 24.9 Å². The van der Waals surface area contributed by atoms with Gasteiger partial charge in [0.2, 0.25) is 0 Å². The molecule has 1 aliphatic rings. The maximum absolute atomic E-state index is 12.9. The molecule has 1 unspecified atom stereocenters. The molecule has 0 radical (unpaired) electrons. The SMILES string of the molecule is Cc1nc2ccc3ccc(CN(C)c4ccc5c(c4)CN(C(CCC(=O)O)C(=O)O)C5=O)cc3c2c(=O)[nH]1. The zero-order valence-corrected chi connectivity index (χ0v) is 20.9. The zero-order chi connectivity index (χ0) is 27.1. The molecule has 0 saturated heterocycles. The molecule has 1 atom stereocenters. The number of hydrogen-bond donors (Lipinski definition) is 3. The Hall–Kier alpha value is -4.73. The molecule has 10 nitrogen and oxygen atoms in total. The molecule has 2 heterocycles. The number of nitrogens with one attached hydrogen (secondary N) is 1. The van der Waals surface area contributed by atoms with Crippen LogP contribution in [0.4, 0.5) is 5.69 Å². The average molecular weight is 515 g/mol.